The number of amides is 1. The van der Waals surface area contributed by atoms with E-state index in [-0.39, 0.29) is 17.3 Å². The molecule has 0 radical (unpaired) electrons. The lowest BCUT2D eigenvalue weighted by molar-refractivity contribution is -0.121. The highest BCUT2D eigenvalue weighted by Gasteiger charge is 2.23. The second-order valence-electron chi connectivity index (χ2n) is 6.98. The molecule has 0 spiro atoms. The normalized spacial score (nSPS) is 14.1. The number of aryl methyl sites for hydroxylation is 1. The van der Waals surface area contributed by atoms with Crippen LogP contribution in [0.4, 0.5) is 5.69 Å². The molecule has 1 N–H and O–H groups in total. The van der Waals surface area contributed by atoms with Crippen LogP contribution in [-0.2, 0) is 27.8 Å². The van der Waals surface area contributed by atoms with Crippen LogP contribution in [0.15, 0.2) is 51.8 Å². The van der Waals surface area contributed by atoms with E-state index in [0.29, 0.717) is 6.54 Å². The van der Waals surface area contributed by atoms with Crippen molar-refractivity contribution in [3.8, 4) is 0 Å². The molecule has 1 heterocycles. The molecule has 0 bridgehead atoms. The number of benzene rings is 2. The Bertz CT molecular complexity index is 961. The van der Waals surface area contributed by atoms with Crippen molar-refractivity contribution in [2.24, 2.45) is 0 Å². The van der Waals surface area contributed by atoms with E-state index in [4.69, 9.17) is 0 Å². The van der Waals surface area contributed by atoms with Gasteiger partial charge in [0, 0.05) is 37.3 Å². The Balaban J connectivity index is 1.59. The Morgan fingerprint density at radius 3 is 2.64 bits per heavy atom. The van der Waals surface area contributed by atoms with E-state index in [2.05, 4.69) is 45.3 Å². The Kier molecular flexibility index (Phi) is 6.42. The molecule has 1 amide bonds. The lowest BCUT2D eigenvalue weighted by Crippen LogP contribution is -2.38. The van der Waals surface area contributed by atoms with Crippen LogP contribution in [0, 0.1) is 0 Å². The van der Waals surface area contributed by atoms with Crippen molar-refractivity contribution in [2.45, 2.75) is 24.3 Å². The Labute approximate surface area is 174 Å². The molecular weight excluding hydrogens is 442 g/mol. The zero-order chi connectivity index (χ0) is 20.3. The number of fused-ring (bicyclic) bond motifs is 1. The van der Waals surface area contributed by atoms with Crippen molar-refractivity contribution in [1.82, 2.24) is 9.62 Å². The third-order valence-electron chi connectivity index (χ3n) is 4.87. The predicted octanol–water partition coefficient (Wildman–Crippen LogP) is 2.77. The molecule has 0 saturated carbocycles. The van der Waals surface area contributed by atoms with Gasteiger partial charge in [0.1, 0.15) is 0 Å². The molecule has 6 nitrogen and oxygen atoms in total. The number of rotatable bonds is 6. The van der Waals surface area contributed by atoms with Crippen molar-refractivity contribution < 1.29 is 13.2 Å². The first-order valence-electron chi connectivity index (χ1n) is 9.09. The minimum absolute atomic E-state index is 0.157. The van der Waals surface area contributed by atoms with Crippen LogP contribution in [0.2, 0.25) is 0 Å². The summed E-state index contributed by atoms with van der Waals surface area (Å²) in [6.07, 6.45) is 2.16. The van der Waals surface area contributed by atoms with Crippen LogP contribution < -0.4 is 10.2 Å². The van der Waals surface area contributed by atoms with Crippen molar-refractivity contribution in [3.63, 3.8) is 0 Å². The van der Waals surface area contributed by atoms with Crippen LogP contribution >= 0.6 is 15.9 Å². The smallest absolute Gasteiger partial charge is 0.243 e. The van der Waals surface area contributed by atoms with Gasteiger partial charge in [0.2, 0.25) is 15.9 Å². The Hall–Kier alpha value is -1.90. The van der Waals surface area contributed by atoms with Crippen molar-refractivity contribution in [3.05, 3.63) is 58.1 Å². The summed E-state index contributed by atoms with van der Waals surface area (Å²) in [5.41, 5.74) is 3.54. The summed E-state index contributed by atoms with van der Waals surface area (Å²) in [7, 11) is -0.213. The summed E-state index contributed by atoms with van der Waals surface area (Å²) in [4.78, 5) is 14.7. The molecule has 0 aromatic heterocycles. The maximum Gasteiger partial charge on any atom is 0.243 e. The van der Waals surface area contributed by atoms with E-state index in [0.717, 1.165) is 33.7 Å². The number of sulfonamides is 1. The van der Waals surface area contributed by atoms with Crippen molar-refractivity contribution in [2.75, 3.05) is 32.1 Å². The zero-order valence-electron chi connectivity index (χ0n) is 16.0. The lowest BCUT2D eigenvalue weighted by atomic mass is 9.99. The maximum atomic E-state index is 12.6. The molecule has 2 aromatic rings. The van der Waals surface area contributed by atoms with Crippen molar-refractivity contribution in [1.29, 1.82) is 0 Å². The Morgan fingerprint density at radius 2 is 1.93 bits per heavy atom. The van der Waals surface area contributed by atoms with Gasteiger partial charge in [-0.3, -0.25) is 4.79 Å². The number of nitrogens with zero attached hydrogens (tertiary/aromatic N) is 2. The van der Waals surface area contributed by atoms with Gasteiger partial charge in [-0.25, -0.2) is 8.42 Å². The molecule has 8 heteroatoms. The van der Waals surface area contributed by atoms with Gasteiger partial charge < -0.3 is 10.2 Å². The van der Waals surface area contributed by atoms with Crippen LogP contribution in [-0.4, -0.2) is 45.8 Å². The minimum Gasteiger partial charge on any atom is -0.374 e. The topological polar surface area (TPSA) is 69.7 Å². The maximum absolute atomic E-state index is 12.6. The van der Waals surface area contributed by atoms with Gasteiger partial charge in [0.15, 0.2) is 0 Å². The third kappa shape index (κ3) is 4.74. The van der Waals surface area contributed by atoms with Gasteiger partial charge >= 0.3 is 0 Å². The molecule has 1 aliphatic rings. The second kappa shape index (κ2) is 8.63. The van der Waals surface area contributed by atoms with Gasteiger partial charge in [-0.15, -0.1) is 0 Å². The molecule has 0 saturated heterocycles. The summed E-state index contributed by atoms with van der Waals surface area (Å²) in [6.45, 7) is 1.20. The number of likely N-dealkylation sites (N-methyl/N-ethyl adjacent to an activating group) is 1. The molecule has 0 fully saturated rings. The monoisotopic (exact) mass is 465 g/mol. The number of halogens is 1. The molecule has 1 aliphatic heterocycles. The molecule has 2 aromatic carbocycles. The molecular formula is C20H24BrN3O3S. The highest BCUT2D eigenvalue weighted by Crippen LogP contribution is 2.26. The highest BCUT2D eigenvalue weighted by molar-refractivity contribution is 9.10. The van der Waals surface area contributed by atoms with Crippen molar-refractivity contribution >= 4 is 37.5 Å². The van der Waals surface area contributed by atoms with E-state index >= 15 is 0 Å². The average molecular weight is 466 g/mol. The summed E-state index contributed by atoms with van der Waals surface area (Å²) in [5, 5.41) is 2.81. The lowest BCUT2D eigenvalue weighted by Gasteiger charge is -2.27. The van der Waals surface area contributed by atoms with Crippen LogP contribution in [0.5, 0.6) is 0 Å². The summed E-state index contributed by atoms with van der Waals surface area (Å²) in [6, 6.07) is 12.6. The first-order valence-corrected chi connectivity index (χ1v) is 11.3. The molecule has 0 unspecified atom stereocenters. The number of anilines is 1. The Morgan fingerprint density at radius 1 is 1.21 bits per heavy atom. The minimum atomic E-state index is -3.71. The summed E-state index contributed by atoms with van der Waals surface area (Å²) < 4.78 is 27.0. The molecule has 0 aliphatic carbocycles. The number of carbonyl (C=O) groups excluding carboxylic acids is 1. The number of hydrogen-bond donors (Lipinski definition) is 1. The quantitative estimate of drug-likeness (QED) is 0.711. The first-order chi connectivity index (χ1) is 13.3. The van der Waals surface area contributed by atoms with Gasteiger partial charge in [-0.2, -0.15) is 4.31 Å². The second-order valence-corrected chi connectivity index (χ2v) is 9.94. The number of hydrogen-bond acceptors (Lipinski definition) is 4. The summed E-state index contributed by atoms with van der Waals surface area (Å²) >= 11 is 3.28. The van der Waals surface area contributed by atoms with E-state index < -0.39 is 10.0 Å². The van der Waals surface area contributed by atoms with E-state index in [1.54, 1.807) is 12.1 Å². The predicted molar refractivity (Wildman–Crippen MR) is 114 cm³/mol. The molecule has 150 valence electrons. The fourth-order valence-corrected chi connectivity index (χ4v) is 4.67. The fourth-order valence-electron chi connectivity index (χ4n) is 3.28. The largest absolute Gasteiger partial charge is 0.374 e. The number of nitrogens with one attached hydrogen (secondary N) is 1. The highest BCUT2D eigenvalue weighted by atomic mass is 79.9. The summed E-state index contributed by atoms with van der Waals surface area (Å²) in [5.74, 6) is -0.335. The standard InChI is InChI=1S/C20H24BrN3O3S/c1-23-11-3-4-16-12-15(5-10-19(16)23)13-22-20(25)14-24(2)28(26,27)18-8-6-17(21)7-9-18/h5-10,12H,3-4,11,13-14H2,1-2H3,(H,22,25). The number of carbonyl (C=O) groups is 1. The molecule has 28 heavy (non-hydrogen) atoms. The average Bonchev–Trinajstić information content (AvgIpc) is 2.67. The molecule has 3 rings (SSSR count). The van der Waals surface area contributed by atoms with Gasteiger partial charge in [0.25, 0.3) is 0 Å². The molecule has 0 atom stereocenters. The third-order valence-corrected chi connectivity index (χ3v) is 7.22. The van der Waals surface area contributed by atoms with Gasteiger partial charge in [0.05, 0.1) is 11.4 Å². The first kappa shape index (κ1) is 20.8. The van der Waals surface area contributed by atoms with Gasteiger partial charge in [-0.05, 0) is 54.3 Å². The fraction of sp³-hybridized carbons (Fsp3) is 0.350. The van der Waals surface area contributed by atoms with E-state index in [9.17, 15) is 13.2 Å². The zero-order valence-corrected chi connectivity index (χ0v) is 18.4. The SMILES string of the molecule is CN1CCCc2cc(CNC(=O)CN(C)S(=O)(=O)c3ccc(Br)cc3)ccc21. The van der Waals surface area contributed by atoms with Gasteiger partial charge in [-0.1, -0.05) is 28.1 Å². The van der Waals surface area contributed by atoms with Crippen LogP contribution in [0.25, 0.3) is 0 Å². The van der Waals surface area contributed by atoms with E-state index in [1.807, 2.05) is 6.07 Å². The van der Waals surface area contributed by atoms with Crippen LogP contribution in [0.1, 0.15) is 17.5 Å². The van der Waals surface area contributed by atoms with E-state index in [1.165, 1.54) is 30.4 Å². The van der Waals surface area contributed by atoms with Crippen LogP contribution in [0.3, 0.4) is 0 Å².